The molecule has 0 radical (unpaired) electrons. The van der Waals surface area contributed by atoms with E-state index in [4.69, 9.17) is 9.47 Å². The Bertz CT molecular complexity index is 1380. The maximum atomic E-state index is 13.0. The van der Waals surface area contributed by atoms with E-state index in [2.05, 4.69) is 24.3 Å². The molecule has 1 aliphatic carbocycles. The van der Waals surface area contributed by atoms with Gasteiger partial charge in [-0.1, -0.05) is 48.5 Å². The molecule has 1 fully saturated rings. The number of amides is 1. The Morgan fingerprint density at radius 1 is 0.925 bits per heavy atom. The molecular formula is C31H35BN2O6. The fourth-order valence-corrected chi connectivity index (χ4v) is 5.55. The Labute approximate surface area is 235 Å². The van der Waals surface area contributed by atoms with Crippen LogP contribution in [0.5, 0.6) is 0 Å². The van der Waals surface area contributed by atoms with Crippen molar-refractivity contribution in [3.8, 4) is 11.1 Å². The Morgan fingerprint density at radius 3 is 2.05 bits per heavy atom. The first-order valence-corrected chi connectivity index (χ1v) is 13.6. The van der Waals surface area contributed by atoms with Gasteiger partial charge in [-0.2, -0.15) is 0 Å². The van der Waals surface area contributed by atoms with Crippen molar-refractivity contribution < 1.29 is 29.1 Å². The van der Waals surface area contributed by atoms with Gasteiger partial charge in [0.15, 0.2) is 0 Å². The van der Waals surface area contributed by atoms with Gasteiger partial charge in [0.2, 0.25) is 0 Å². The second-order valence-electron chi connectivity index (χ2n) is 11.4. The van der Waals surface area contributed by atoms with E-state index in [0.717, 1.165) is 0 Å². The maximum absolute atomic E-state index is 13.0. The molecule has 1 saturated heterocycles. The molecule has 0 atom stereocenters. The largest absolute Gasteiger partial charge is 0.488 e. The van der Waals surface area contributed by atoms with Crippen LogP contribution in [-0.2, 0) is 9.47 Å². The van der Waals surface area contributed by atoms with Crippen LogP contribution in [0.1, 0.15) is 53.7 Å². The van der Waals surface area contributed by atoms with Gasteiger partial charge in [0, 0.05) is 37.8 Å². The zero-order valence-corrected chi connectivity index (χ0v) is 23.4. The molecule has 2 aliphatic rings. The van der Waals surface area contributed by atoms with Gasteiger partial charge in [-0.25, -0.2) is 9.59 Å². The minimum atomic E-state index is -1.73. The van der Waals surface area contributed by atoms with Crippen LogP contribution in [0.25, 0.3) is 11.1 Å². The molecular weight excluding hydrogens is 507 g/mol. The van der Waals surface area contributed by atoms with Crippen LogP contribution >= 0.6 is 0 Å². The zero-order valence-electron chi connectivity index (χ0n) is 23.4. The van der Waals surface area contributed by atoms with E-state index in [-0.39, 0.29) is 29.6 Å². The summed E-state index contributed by atoms with van der Waals surface area (Å²) in [6, 6.07) is 19.9. The van der Waals surface area contributed by atoms with Gasteiger partial charge in [0.05, 0.1) is 5.56 Å². The van der Waals surface area contributed by atoms with Crippen molar-refractivity contribution in [1.29, 1.82) is 0 Å². The lowest BCUT2D eigenvalue weighted by molar-refractivity contribution is 0.00688. The number of fused-ring (bicyclic) bond motifs is 3. The predicted molar refractivity (Wildman–Crippen MR) is 155 cm³/mol. The molecule has 0 aromatic heterocycles. The molecule has 1 aliphatic heterocycles. The van der Waals surface area contributed by atoms with Crippen LogP contribution in [0.15, 0.2) is 60.7 Å². The molecule has 40 heavy (non-hydrogen) atoms. The number of esters is 1. The molecule has 0 unspecified atom stereocenters. The number of anilines is 1. The van der Waals surface area contributed by atoms with Crippen molar-refractivity contribution >= 4 is 30.3 Å². The highest BCUT2D eigenvalue weighted by Crippen LogP contribution is 2.44. The van der Waals surface area contributed by atoms with E-state index in [0.29, 0.717) is 37.4 Å². The highest BCUT2D eigenvalue weighted by Gasteiger charge is 2.31. The SMILES string of the molecule is Cc1c(B(O)O)cc(N2CCN(C(=O)OCC3c4ccccc4-c4ccccc43)CC2)cc1C(=O)OC(C)(C)C. The van der Waals surface area contributed by atoms with Crippen molar-refractivity contribution in [3.05, 3.63) is 82.9 Å². The third kappa shape index (κ3) is 5.57. The number of hydrogen-bond donors (Lipinski definition) is 2. The maximum Gasteiger partial charge on any atom is 0.488 e. The molecule has 1 amide bonds. The van der Waals surface area contributed by atoms with Crippen LogP contribution in [-0.4, -0.2) is 72.5 Å². The standard InChI is InChI=1S/C31H35BN2O6/c1-20-26(29(35)40-31(2,3)4)17-21(18-28(20)32(37)38)33-13-15-34(16-14-33)30(36)39-19-27-24-11-7-5-9-22(24)23-10-6-8-12-25(23)27/h5-12,17-18,27,37-38H,13-16,19H2,1-4H3. The minimum absolute atomic E-state index is 0.000183. The average molecular weight is 542 g/mol. The van der Waals surface area contributed by atoms with E-state index in [1.165, 1.54) is 22.3 Å². The van der Waals surface area contributed by atoms with Gasteiger partial charge in [-0.15, -0.1) is 0 Å². The zero-order chi connectivity index (χ0) is 28.6. The summed E-state index contributed by atoms with van der Waals surface area (Å²) in [6.07, 6.45) is -0.355. The third-order valence-corrected chi connectivity index (χ3v) is 7.57. The van der Waals surface area contributed by atoms with Crippen LogP contribution in [0, 0.1) is 6.92 Å². The third-order valence-electron chi connectivity index (χ3n) is 7.57. The van der Waals surface area contributed by atoms with E-state index in [1.54, 1.807) is 44.7 Å². The van der Waals surface area contributed by atoms with E-state index >= 15 is 0 Å². The number of benzene rings is 3. The summed E-state index contributed by atoms with van der Waals surface area (Å²) in [7, 11) is -1.73. The molecule has 5 rings (SSSR count). The molecule has 3 aromatic carbocycles. The normalized spacial score (nSPS) is 14.9. The molecule has 0 saturated carbocycles. The molecule has 1 heterocycles. The Morgan fingerprint density at radius 2 is 1.50 bits per heavy atom. The topological polar surface area (TPSA) is 99.5 Å². The fourth-order valence-electron chi connectivity index (χ4n) is 5.55. The lowest BCUT2D eigenvalue weighted by Crippen LogP contribution is -2.49. The smallest absolute Gasteiger partial charge is 0.456 e. The lowest BCUT2D eigenvalue weighted by Gasteiger charge is -2.36. The summed E-state index contributed by atoms with van der Waals surface area (Å²) in [6.45, 7) is 9.17. The molecule has 3 aromatic rings. The number of carbonyl (C=O) groups excluding carboxylic acids is 2. The Kier molecular flexibility index (Phi) is 7.62. The van der Waals surface area contributed by atoms with Gasteiger partial charge in [-0.3, -0.25) is 0 Å². The Balaban J connectivity index is 1.25. The molecule has 208 valence electrons. The van der Waals surface area contributed by atoms with Gasteiger partial charge in [0.25, 0.3) is 0 Å². The van der Waals surface area contributed by atoms with Gasteiger partial charge in [-0.05, 0) is 73.1 Å². The first-order chi connectivity index (χ1) is 19.0. The van der Waals surface area contributed by atoms with Crippen LogP contribution in [0.3, 0.4) is 0 Å². The van der Waals surface area contributed by atoms with E-state index in [9.17, 15) is 19.6 Å². The number of piperazine rings is 1. The predicted octanol–water partition coefficient (Wildman–Crippen LogP) is 3.70. The van der Waals surface area contributed by atoms with Crippen molar-refractivity contribution in [2.75, 3.05) is 37.7 Å². The summed E-state index contributed by atoms with van der Waals surface area (Å²) in [5.41, 5.74) is 5.69. The first kappa shape index (κ1) is 27.7. The Hall–Kier alpha value is -3.82. The minimum Gasteiger partial charge on any atom is -0.456 e. The number of carbonyl (C=O) groups is 2. The highest BCUT2D eigenvalue weighted by molar-refractivity contribution is 6.59. The van der Waals surface area contributed by atoms with Crippen LogP contribution in [0.2, 0.25) is 0 Å². The molecule has 8 nitrogen and oxygen atoms in total. The number of ether oxygens (including phenoxy) is 2. The summed E-state index contributed by atoms with van der Waals surface area (Å²) >= 11 is 0. The van der Waals surface area contributed by atoms with Gasteiger partial charge in [0.1, 0.15) is 12.2 Å². The summed E-state index contributed by atoms with van der Waals surface area (Å²) in [5, 5.41) is 19.9. The van der Waals surface area contributed by atoms with Crippen molar-refractivity contribution in [3.63, 3.8) is 0 Å². The number of nitrogens with zero attached hydrogens (tertiary/aromatic N) is 2. The van der Waals surface area contributed by atoms with Crippen molar-refractivity contribution in [1.82, 2.24) is 4.90 Å². The average Bonchev–Trinajstić information content (AvgIpc) is 3.24. The van der Waals surface area contributed by atoms with Crippen LogP contribution < -0.4 is 10.4 Å². The molecule has 0 bridgehead atoms. The quantitative estimate of drug-likeness (QED) is 0.375. The summed E-state index contributed by atoms with van der Waals surface area (Å²) in [4.78, 5) is 29.6. The molecule has 2 N–H and O–H groups in total. The lowest BCUT2D eigenvalue weighted by atomic mass is 9.75. The number of rotatable bonds is 5. The van der Waals surface area contributed by atoms with Gasteiger partial charge < -0.3 is 29.3 Å². The molecule has 0 spiro atoms. The second kappa shape index (κ2) is 11.0. The monoisotopic (exact) mass is 542 g/mol. The molecule has 9 heteroatoms. The first-order valence-electron chi connectivity index (χ1n) is 13.6. The van der Waals surface area contributed by atoms with E-state index < -0.39 is 18.7 Å². The summed E-state index contributed by atoms with van der Waals surface area (Å²) in [5.74, 6) is -0.522. The van der Waals surface area contributed by atoms with E-state index in [1.807, 2.05) is 29.2 Å². The second-order valence-corrected chi connectivity index (χ2v) is 11.4. The fraction of sp³-hybridized carbons (Fsp3) is 0.355. The number of hydrogen-bond acceptors (Lipinski definition) is 7. The van der Waals surface area contributed by atoms with Crippen LogP contribution in [0.4, 0.5) is 10.5 Å². The van der Waals surface area contributed by atoms with Crippen molar-refractivity contribution in [2.24, 2.45) is 0 Å². The van der Waals surface area contributed by atoms with Gasteiger partial charge >= 0.3 is 19.2 Å². The summed E-state index contributed by atoms with van der Waals surface area (Å²) < 4.78 is 11.4. The van der Waals surface area contributed by atoms with Crippen molar-refractivity contribution in [2.45, 2.75) is 39.2 Å². The highest BCUT2D eigenvalue weighted by atomic mass is 16.6.